The molecule has 0 aliphatic rings. The van der Waals surface area contributed by atoms with E-state index in [9.17, 15) is 0 Å². The molecule has 74 valence electrons. The third kappa shape index (κ3) is 1.75. The van der Waals surface area contributed by atoms with E-state index in [1.807, 2.05) is 0 Å². The lowest BCUT2D eigenvalue weighted by Crippen LogP contribution is -2.42. The van der Waals surface area contributed by atoms with Crippen molar-refractivity contribution in [3.05, 3.63) is 17.0 Å². The van der Waals surface area contributed by atoms with Gasteiger partial charge in [0.15, 0.2) is 7.05 Å². The van der Waals surface area contributed by atoms with Crippen LogP contribution < -0.4 is 4.68 Å². The van der Waals surface area contributed by atoms with Crippen molar-refractivity contribution in [3.63, 3.8) is 0 Å². The van der Waals surface area contributed by atoms with Gasteiger partial charge in [-0.25, -0.2) is 0 Å². The summed E-state index contributed by atoms with van der Waals surface area (Å²) in [6, 6.07) is 0. The first-order valence-electron chi connectivity index (χ1n) is 4.61. The average molecular weight is 183 g/mol. The monoisotopic (exact) mass is 183 g/mol. The van der Waals surface area contributed by atoms with Gasteiger partial charge in [0.1, 0.15) is 6.54 Å². The molecule has 13 heavy (non-hydrogen) atoms. The molecular weight excluding hydrogens is 164 g/mol. The molecule has 0 N–H and O–H groups in total. The summed E-state index contributed by atoms with van der Waals surface area (Å²) in [5.41, 5.74) is 4.03. The van der Waals surface area contributed by atoms with Gasteiger partial charge >= 0.3 is 0 Å². The Hall–Kier alpha value is -0.830. The van der Waals surface area contributed by atoms with Gasteiger partial charge in [-0.15, -0.1) is 4.68 Å². The van der Waals surface area contributed by atoms with Gasteiger partial charge in [0.2, 0.25) is 5.69 Å². The molecule has 0 atom stereocenters. The van der Waals surface area contributed by atoms with Crippen LogP contribution in [0.15, 0.2) is 0 Å². The number of hydrogen-bond donors (Lipinski definition) is 0. The Kier molecular flexibility index (Phi) is 3.09. The normalized spacial score (nSPS) is 10.8. The van der Waals surface area contributed by atoms with Crippen molar-refractivity contribution in [3.8, 4) is 0 Å². The maximum atomic E-state index is 5.07. The van der Waals surface area contributed by atoms with Crippen LogP contribution in [0.4, 0.5) is 0 Å². The molecule has 0 aromatic carbocycles. The minimum absolute atomic E-state index is 0.766. The van der Waals surface area contributed by atoms with E-state index in [0.717, 1.165) is 13.2 Å². The number of rotatable bonds is 3. The van der Waals surface area contributed by atoms with Crippen molar-refractivity contribution >= 4 is 0 Å². The molecule has 0 aliphatic carbocycles. The summed E-state index contributed by atoms with van der Waals surface area (Å²) in [5.74, 6) is 0. The maximum Gasteiger partial charge on any atom is 0.207 e. The zero-order chi connectivity index (χ0) is 10.0. The van der Waals surface area contributed by atoms with Gasteiger partial charge in [-0.1, -0.05) is 0 Å². The summed E-state index contributed by atoms with van der Waals surface area (Å²) in [7, 11) is 3.82. The Morgan fingerprint density at radius 2 is 1.92 bits per heavy atom. The highest BCUT2D eigenvalue weighted by Gasteiger charge is 2.17. The molecule has 1 heterocycles. The van der Waals surface area contributed by atoms with Crippen LogP contribution in [0.3, 0.4) is 0 Å². The lowest BCUT2D eigenvalue weighted by atomic mass is 10.2. The topological polar surface area (TPSA) is 18.0 Å². The van der Waals surface area contributed by atoms with Crippen molar-refractivity contribution < 1.29 is 9.42 Å². The van der Waals surface area contributed by atoms with Crippen LogP contribution in [0, 0.1) is 20.8 Å². The van der Waals surface area contributed by atoms with E-state index in [1.54, 1.807) is 7.11 Å². The Morgan fingerprint density at radius 1 is 1.31 bits per heavy atom. The van der Waals surface area contributed by atoms with E-state index in [4.69, 9.17) is 4.74 Å². The minimum Gasteiger partial charge on any atom is -0.383 e. The second-order valence-corrected chi connectivity index (χ2v) is 3.44. The highest BCUT2D eigenvalue weighted by Crippen LogP contribution is 2.08. The van der Waals surface area contributed by atoms with Gasteiger partial charge < -0.3 is 4.74 Å². The molecule has 3 nitrogen and oxygen atoms in total. The first-order chi connectivity index (χ1) is 6.09. The summed E-state index contributed by atoms with van der Waals surface area (Å²) >= 11 is 0. The van der Waals surface area contributed by atoms with E-state index in [2.05, 4.69) is 37.2 Å². The van der Waals surface area contributed by atoms with Gasteiger partial charge in [-0.05, 0) is 13.8 Å². The fourth-order valence-corrected chi connectivity index (χ4v) is 1.60. The maximum absolute atomic E-state index is 5.07. The Labute approximate surface area is 79.9 Å². The van der Waals surface area contributed by atoms with E-state index in [0.29, 0.717) is 0 Å². The van der Waals surface area contributed by atoms with Crippen LogP contribution in [0.2, 0.25) is 0 Å². The highest BCUT2D eigenvalue weighted by atomic mass is 16.5. The van der Waals surface area contributed by atoms with Crippen LogP contribution in [0.5, 0.6) is 0 Å². The standard InChI is InChI=1S/C10H19N2O/c1-8-9(2)11(4)12(10(8)3)6-7-13-5/h6-7H2,1-5H3/q+1. The fraction of sp³-hybridized carbons (Fsp3) is 0.700. The molecule has 1 aromatic heterocycles. The number of hydrogen-bond acceptors (Lipinski definition) is 1. The summed E-state index contributed by atoms with van der Waals surface area (Å²) < 4.78 is 9.50. The van der Waals surface area contributed by atoms with Crippen LogP contribution in [0.1, 0.15) is 17.0 Å². The molecule has 0 bridgehead atoms. The molecule has 0 unspecified atom stereocenters. The third-order valence-corrected chi connectivity index (χ3v) is 2.83. The molecule has 0 aliphatic heterocycles. The first-order valence-corrected chi connectivity index (χ1v) is 4.61. The summed E-state index contributed by atoms with van der Waals surface area (Å²) in [6.07, 6.45) is 0. The van der Waals surface area contributed by atoms with Gasteiger partial charge in [-0.3, -0.25) is 0 Å². The minimum atomic E-state index is 0.766. The van der Waals surface area contributed by atoms with Crippen LogP contribution in [-0.4, -0.2) is 18.4 Å². The molecule has 0 spiro atoms. The van der Waals surface area contributed by atoms with E-state index >= 15 is 0 Å². The van der Waals surface area contributed by atoms with Crippen molar-refractivity contribution in [2.45, 2.75) is 27.3 Å². The molecular formula is C10H19N2O+. The number of aromatic nitrogens is 2. The number of methoxy groups -OCH3 is 1. The number of ether oxygens (including phenoxy) is 1. The van der Waals surface area contributed by atoms with Gasteiger partial charge in [0, 0.05) is 19.6 Å². The molecule has 0 saturated carbocycles. The molecule has 3 heteroatoms. The second-order valence-electron chi connectivity index (χ2n) is 3.44. The molecule has 1 aromatic rings. The quantitative estimate of drug-likeness (QED) is 0.636. The molecule has 0 fully saturated rings. The van der Waals surface area contributed by atoms with Crippen molar-refractivity contribution in [1.82, 2.24) is 4.68 Å². The van der Waals surface area contributed by atoms with E-state index < -0.39 is 0 Å². The lowest BCUT2D eigenvalue weighted by molar-refractivity contribution is -0.759. The molecule has 0 saturated heterocycles. The molecule has 0 radical (unpaired) electrons. The largest absolute Gasteiger partial charge is 0.383 e. The third-order valence-electron chi connectivity index (χ3n) is 2.83. The Balaban J connectivity index is 2.99. The zero-order valence-corrected chi connectivity index (χ0v) is 9.22. The fourth-order valence-electron chi connectivity index (χ4n) is 1.60. The Morgan fingerprint density at radius 3 is 2.31 bits per heavy atom. The Bertz CT molecular complexity index is 277. The smallest absolute Gasteiger partial charge is 0.207 e. The lowest BCUT2D eigenvalue weighted by Gasteiger charge is -2.01. The van der Waals surface area contributed by atoms with Gasteiger partial charge in [0.05, 0.1) is 12.3 Å². The predicted octanol–water partition coefficient (Wildman–Crippen LogP) is 0.884. The van der Waals surface area contributed by atoms with Crippen molar-refractivity contribution in [1.29, 1.82) is 0 Å². The number of nitrogens with zero attached hydrogens (tertiary/aromatic N) is 2. The predicted molar refractivity (Wildman–Crippen MR) is 51.7 cm³/mol. The van der Waals surface area contributed by atoms with Crippen LogP contribution in [0.25, 0.3) is 0 Å². The van der Waals surface area contributed by atoms with E-state index in [-0.39, 0.29) is 0 Å². The van der Waals surface area contributed by atoms with Gasteiger partial charge in [0.25, 0.3) is 0 Å². The average Bonchev–Trinajstić information content (AvgIpc) is 2.30. The van der Waals surface area contributed by atoms with Crippen molar-refractivity contribution in [2.75, 3.05) is 13.7 Å². The zero-order valence-electron chi connectivity index (χ0n) is 9.22. The summed E-state index contributed by atoms with van der Waals surface area (Å²) in [4.78, 5) is 0. The molecule has 1 rings (SSSR count). The second kappa shape index (κ2) is 3.92. The highest BCUT2D eigenvalue weighted by molar-refractivity contribution is 5.18. The summed E-state index contributed by atoms with van der Waals surface area (Å²) in [6.45, 7) is 8.15. The molecule has 0 amide bonds. The van der Waals surface area contributed by atoms with Crippen LogP contribution >= 0.6 is 0 Å². The SMILES string of the molecule is COCCn1c(C)c(C)c(C)[n+]1C. The van der Waals surface area contributed by atoms with E-state index in [1.165, 1.54) is 17.0 Å². The summed E-state index contributed by atoms with van der Waals surface area (Å²) in [5, 5.41) is 0. The van der Waals surface area contributed by atoms with Crippen molar-refractivity contribution in [2.24, 2.45) is 7.05 Å². The van der Waals surface area contributed by atoms with Gasteiger partial charge in [-0.2, -0.15) is 4.68 Å². The van der Waals surface area contributed by atoms with Crippen LogP contribution in [-0.2, 0) is 18.3 Å². The first kappa shape index (κ1) is 10.3.